The Kier molecular flexibility index (Phi) is 4.46. The van der Waals surface area contributed by atoms with Crippen LogP contribution in [0.25, 0.3) is 0 Å². The Bertz CT molecular complexity index is 585. The Labute approximate surface area is 123 Å². The van der Waals surface area contributed by atoms with Crippen molar-refractivity contribution in [1.82, 2.24) is 14.8 Å². The molecule has 0 saturated carbocycles. The first-order chi connectivity index (χ1) is 8.99. The second-order valence-electron chi connectivity index (χ2n) is 4.34. The van der Waals surface area contributed by atoms with E-state index >= 15 is 0 Å². The van der Waals surface area contributed by atoms with E-state index in [1.165, 1.54) is 17.8 Å². The van der Waals surface area contributed by atoms with E-state index in [2.05, 4.69) is 26.1 Å². The maximum Gasteiger partial charge on any atom is 0.222 e. The van der Waals surface area contributed by atoms with Gasteiger partial charge in [0.25, 0.3) is 0 Å². The maximum absolute atomic E-state index is 13.1. The van der Waals surface area contributed by atoms with Crippen molar-refractivity contribution in [2.24, 2.45) is 0 Å². The number of halogens is 2. The Balaban J connectivity index is 2.12. The molecule has 0 aliphatic rings. The molecule has 2 N–H and O–H groups in total. The smallest absolute Gasteiger partial charge is 0.222 e. The Morgan fingerprint density at radius 1 is 1.42 bits per heavy atom. The van der Waals surface area contributed by atoms with Gasteiger partial charge in [0, 0.05) is 11.8 Å². The summed E-state index contributed by atoms with van der Waals surface area (Å²) in [5.41, 5.74) is 6.78. The molecule has 0 unspecified atom stereocenters. The number of nitrogens with zero attached hydrogens (tertiary/aromatic N) is 3. The summed E-state index contributed by atoms with van der Waals surface area (Å²) >= 11 is 4.71. The molecule has 1 aromatic heterocycles. The normalized spacial score (nSPS) is 11.2. The molecule has 0 amide bonds. The number of benzene rings is 1. The predicted octanol–water partition coefficient (Wildman–Crippen LogP) is 3.64. The molecular weight excluding hydrogens is 331 g/mol. The number of nitrogen functional groups attached to an aromatic ring is 1. The highest BCUT2D eigenvalue weighted by atomic mass is 79.9. The van der Waals surface area contributed by atoms with Gasteiger partial charge in [0.05, 0.1) is 4.47 Å². The molecule has 1 aromatic carbocycles. The van der Waals surface area contributed by atoms with Gasteiger partial charge < -0.3 is 5.73 Å². The molecule has 19 heavy (non-hydrogen) atoms. The molecule has 7 heteroatoms. The number of rotatable bonds is 4. The third-order valence-corrected chi connectivity index (χ3v) is 4.18. The van der Waals surface area contributed by atoms with Crippen LogP contribution in [0.5, 0.6) is 0 Å². The van der Waals surface area contributed by atoms with Gasteiger partial charge in [0.15, 0.2) is 5.16 Å². The van der Waals surface area contributed by atoms with Gasteiger partial charge in [-0.25, -0.2) is 4.39 Å². The average molecular weight is 345 g/mol. The van der Waals surface area contributed by atoms with Gasteiger partial charge in [-0.1, -0.05) is 17.8 Å². The zero-order chi connectivity index (χ0) is 14.0. The van der Waals surface area contributed by atoms with Gasteiger partial charge in [0.1, 0.15) is 5.82 Å². The Hall–Kier alpha value is -1.08. The fourth-order valence-corrected chi connectivity index (χ4v) is 3.09. The number of hydrogen-bond donors (Lipinski definition) is 1. The molecule has 1 heterocycles. The molecule has 2 aromatic rings. The van der Waals surface area contributed by atoms with Crippen molar-refractivity contribution >= 4 is 33.6 Å². The van der Waals surface area contributed by atoms with E-state index < -0.39 is 0 Å². The van der Waals surface area contributed by atoms with Crippen LogP contribution < -0.4 is 5.73 Å². The molecule has 0 aliphatic carbocycles. The molecule has 4 nitrogen and oxygen atoms in total. The highest BCUT2D eigenvalue weighted by Crippen LogP contribution is 2.27. The van der Waals surface area contributed by atoms with E-state index in [4.69, 9.17) is 5.73 Å². The van der Waals surface area contributed by atoms with Gasteiger partial charge in [-0.2, -0.15) is 0 Å². The van der Waals surface area contributed by atoms with Crippen LogP contribution in [0.4, 0.5) is 10.3 Å². The van der Waals surface area contributed by atoms with Crippen LogP contribution in [0.3, 0.4) is 0 Å². The lowest BCUT2D eigenvalue weighted by atomic mass is 10.2. The summed E-state index contributed by atoms with van der Waals surface area (Å²) in [6.45, 7) is 4.05. The minimum absolute atomic E-state index is 0.206. The van der Waals surface area contributed by atoms with Crippen LogP contribution in [0.15, 0.2) is 27.8 Å². The second-order valence-corrected chi connectivity index (χ2v) is 6.14. The minimum atomic E-state index is -0.261. The number of hydrogen-bond acceptors (Lipinski definition) is 4. The first-order valence-electron chi connectivity index (χ1n) is 5.76. The van der Waals surface area contributed by atoms with E-state index in [1.54, 1.807) is 12.1 Å². The Morgan fingerprint density at radius 2 is 2.16 bits per heavy atom. The van der Waals surface area contributed by atoms with Crippen LogP contribution in [-0.4, -0.2) is 14.8 Å². The van der Waals surface area contributed by atoms with E-state index in [1.807, 2.05) is 18.4 Å². The molecule has 0 bridgehead atoms. The summed E-state index contributed by atoms with van der Waals surface area (Å²) < 4.78 is 15.5. The minimum Gasteiger partial charge on any atom is -0.368 e. The van der Waals surface area contributed by atoms with Gasteiger partial charge >= 0.3 is 0 Å². The first kappa shape index (κ1) is 14.3. The predicted molar refractivity (Wildman–Crippen MR) is 78.5 cm³/mol. The largest absolute Gasteiger partial charge is 0.368 e. The molecule has 2 rings (SSSR count). The van der Waals surface area contributed by atoms with Crippen LogP contribution in [0, 0.1) is 5.82 Å². The van der Waals surface area contributed by atoms with Gasteiger partial charge in [-0.3, -0.25) is 4.57 Å². The van der Waals surface area contributed by atoms with E-state index in [-0.39, 0.29) is 11.9 Å². The Morgan fingerprint density at radius 3 is 2.79 bits per heavy atom. The standard InChI is InChI=1S/C12H14BrFN4S/c1-7(2)18-11(15)16-17-12(18)19-6-8-3-4-10(14)9(13)5-8/h3-5,7H,6H2,1-2H3,(H2,15,16). The van der Waals surface area contributed by atoms with Crippen molar-refractivity contribution in [3.63, 3.8) is 0 Å². The quantitative estimate of drug-likeness (QED) is 0.860. The van der Waals surface area contributed by atoms with E-state index in [9.17, 15) is 4.39 Å². The monoisotopic (exact) mass is 344 g/mol. The van der Waals surface area contributed by atoms with Crippen LogP contribution in [-0.2, 0) is 5.75 Å². The van der Waals surface area contributed by atoms with Gasteiger partial charge in [0.2, 0.25) is 5.95 Å². The molecule has 0 fully saturated rings. The summed E-state index contributed by atoms with van der Waals surface area (Å²) in [5, 5.41) is 8.71. The zero-order valence-electron chi connectivity index (χ0n) is 10.6. The fourth-order valence-electron chi connectivity index (χ4n) is 1.65. The second kappa shape index (κ2) is 5.92. The van der Waals surface area contributed by atoms with Crippen LogP contribution in [0.1, 0.15) is 25.5 Å². The highest BCUT2D eigenvalue weighted by molar-refractivity contribution is 9.10. The first-order valence-corrected chi connectivity index (χ1v) is 7.54. The maximum atomic E-state index is 13.1. The lowest BCUT2D eigenvalue weighted by molar-refractivity contribution is 0.557. The average Bonchev–Trinajstić information content (AvgIpc) is 2.72. The summed E-state index contributed by atoms with van der Waals surface area (Å²) in [7, 11) is 0. The summed E-state index contributed by atoms with van der Waals surface area (Å²) in [6.07, 6.45) is 0. The van der Waals surface area contributed by atoms with Crippen LogP contribution in [0.2, 0.25) is 0 Å². The highest BCUT2D eigenvalue weighted by Gasteiger charge is 2.13. The van der Waals surface area contributed by atoms with Crippen molar-refractivity contribution in [3.05, 3.63) is 34.1 Å². The van der Waals surface area contributed by atoms with Crippen molar-refractivity contribution in [2.75, 3.05) is 5.73 Å². The van der Waals surface area contributed by atoms with Gasteiger partial charge in [-0.05, 0) is 47.5 Å². The summed E-state index contributed by atoms with van der Waals surface area (Å²) in [5.74, 6) is 0.838. The molecule has 0 spiro atoms. The zero-order valence-corrected chi connectivity index (χ0v) is 13.0. The molecule has 0 aliphatic heterocycles. The molecule has 0 atom stereocenters. The summed E-state index contributed by atoms with van der Waals surface area (Å²) in [6, 6.07) is 5.17. The van der Waals surface area contributed by atoms with Crippen LogP contribution >= 0.6 is 27.7 Å². The SMILES string of the molecule is CC(C)n1c(N)nnc1SCc1ccc(F)c(Br)c1. The lowest BCUT2D eigenvalue weighted by Gasteiger charge is -2.11. The van der Waals surface area contributed by atoms with E-state index in [0.29, 0.717) is 16.2 Å². The van der Waals surface area contributed by atoms with Crippen molar-refractivity contribution in [1.29, 1.82) is 0 Å². The number of anilines is 1. The van der Waals surface area contributed by atoms with E-state index in [0.717, 1.165) is 10.7 Å². The third-order valence-electron chi connectivity index (χ3n) is 2.56. The number of thioether (sulfide) groups is 1. The van der Waals surface area contributed by atoms with Crippen molar-refractivity contribution in [2.45, 2.75) is 30.8 Å². The molecule has 0 radical (unpaired) electrons. The third kappa shape index (κ3) is 3.27. The molecule has 102 valence electrons. The molecular formula is C12H14BrFN4S. The van der Waals surface area contributed by atoms with Crippen molar-refractivity contribution in [3.8, 4) is 0 Å². The fraction of sp³-hybridized carbons (Fsp3) is 0.333. The van der Waals surface area contributed by atoms with Gasteiger partial charge in [-0.15, -0.1) is 10.2 Å². The lowest BCUT2D eigenvalue weighted by Crippen LogP contribution is -2.07. The number of aromatic nitrogens is 3. The topological polar surface area (TPSA) is 56.7 Å². The summed E-state index contributed by atoms with van der Waals surface area (Å²) in [4.78, 5) is 0. The van der Waals surface area contributed by atoms with Crippen molar-refractivity contribution < 1.29 is 4.39 Å². The number of nitrogens with two attached hydrogens (primary N) is 1. The molecule has 0 saturated heterocycles.